The first-order valence-electron chi connectivity index (χ1n) is 24.1. The minimum Gasteiger partial charge on any atom is -0.454 e. The van der Waals surface area contributed by atoms with Crippen LogP contribution in [0.3, 0.4) is 0 Å². The predicted octanol–water partition coefficient (Wildman–Crippen LogP) is 8.21. The number of hydrogen-bond acceptors (Lipinski definition) is 10. The lowest BCUT2D eigenvalue weighted by molar-refractivity contribution is -0.164. The van der Waals surface area contributed by atoms with E-state index in [-0.39, 0.29) is 66.8 Å². The molecule has 0 bridgehead atoms. The normalized spacial score (nSPS) is 23.7. The van der Waals surface area contributed by atoms with Crippen molar-refractivity contribution in [3.05, 3.63) is 95.7 Å². The van der Waals surface area contributed by atoms with E-state index in [1.54, 1.807) is 25.1 Å². The van der Waals surface area contributed by atoms with E-state index in [9.17, 15) is 28.8 Å². The molecule has 1 heterocycles. The molecule has 0 N–H and O–H groups in total. The van der Waals surface area contributed by atoms with Gasteiger partial charge in [-0.15, -0.1) is 6.58 Å². The van der Waals surface area contributed by atoms with Crippen molar-refractivity contribution in [1.82, 2.24) is 19.6 Å². The Morgan fingerprint density at radius 2 is 1.34 bits per heavy atom. The highest BCUT2D eigenvalue weighted by atomic mass is 16.6. The van der Waals surface area contributed by atoms with Crippen molar-refractivity contribution in [1.29, 1.82) is 0 Å². The summed E-state index contributed by atoms with van der Waals surface area (Å²) < 4.78 is 12.5. The SMILES string of the molecule is C=CC(CC(=O)C1CC(C)C(C)CC(N(C)C(=O)CC(=O)C(CC(C)C)N(C)C)C(=O)OC(Cc2ccc(C)cc2)C(=C)N(C)C(CC(C)C)C(=O)OC(C)C(=O)N1C)Cc1ccc(C)cc1. The van der Waals surface area contributed by atoms with Gasteiger partial charge in [0.25, 0.3) is 5.91 Å². The van der Waals surface area contributed by atoms with Crippen LogP contribution in [0.2, 0.25) is 0 Å². The Morgan fingerprint density at radius 1 is 0.791 bits per heavy atom. The number of aryl methyl sites for hydroxylation is 2. The molecule has 0 aromatic heterocycles. The number of esters is 2. The molecule has 1 saturated heterocycles. The number of Topliss-reactive ketones (excluding diaryl/α,β-unsaturated/α-hetero) is 2. The highest BCUT2D eigenvalue weighted by molar-refractivity contribution is 6.01. The molecule has 12 heteroatoms. The summed E-state index contributed by atoms with van der Waals surface area (Å²) in [6.45, 7) is 25.9. The molecule has 370 valence electrons. The number of ether oxygens (including phenoxy) is 2. The van der Waals surface area contributed by atoms with Gasteiger partial charge < -0.3 is 24.2 Å². The number of ketones is 2. The number of carbonyl (C=O) groups is 6. The molecule has 1 aliphatic rings. The molecule has 2 amide bonds. The number of benzene rings is 2. The van der Waals surface area contributed by atoms with Crippen LogP contribution in [0.25, 0.3) is 0 Å². The second-order valence-corrected chi connectivity index (χ2v) is 20.5. The number of allylic oxidation sites excluding steroid dienone is 1. The number of hydrogen-bond donors (Lipinski definition) is 0. The molecule has 2 aromatic carbocycles. The Morgan fingerprint density at radius 3 is 1.87 bits per heavy atom. The number of likely N-dealkylation sites (N-methyl/N-ethyl adjacent to an activating group) is 4. The maximum atomic E-state index is 14.9. The predicted molar refractivity (Wildman–Crippen MR) is 266 cm³/mol. The minimum absolute atomic E-state index is 0.00997. The van der Waals surface area contributed by atoms with Gasteiger partial charge >= 0.3 is 11.9 Å². The van der Waals surface area contributed by atoms with E-state index in [0.29, 0.717) is 25.0 Å². The summed E-state index contributed by atoms with van der Waals surface area (Å²) >= 11 is 0. The third-order valence-electron chi connectivity index (χ3n) is 13.6. The maximum Gasteiger partial charge on any atom is 0.329 e. The van der Waals surface area contributed by atoms with E-state index < -0.39 is 66.5 Å². The Hall–Kier alpha value is -5.10. The average Bonchev–Trinajstić information content (AvgIpc) is 3.26. The average molecular weight is 927 g/mol. The molecule has 0 radical (unpaired) electrons. The van der Waals surface area contributed by atoms with E-state index in [1.807, 2.05) is 123 Å². The van der Waals surface area contributed by atoms with Crippen LogP contribution in [0.15, 0.2) is 73.5 Å². The fraction of sp³-hybridized carbons (Fsp3) is 0.600. The third kappa shape index (κ3) is 16.6. The zero-order valence-electron chi connectivity index (χ0n) is 43.2. The molecule has 3 rings (SSSR count). The monoisotopic (exact) mass is 927 g/mol. The summed E-state index contributed by atoms with van der Waals surface area (Å²) in [7, 11) is 8.43. The van der Waals surface area contributed by atoms with Crippen molar-refractivity contribution in [3.8, 4) is 0 Å². The van der Waals surface area contributed by atoms with Crippen LogP contribution in [0.4, 0.5) is 0 Å². The number of rotatable bonds is 17. The second-order valence-electron chi connectivity index (χ2n) is 20.5. The van der Waals surface area contributed by atoms with Crippen molar-refractivity contribution < 1.29 is 38.2 Å². The van der Waals surface area contributed by atoms with E-state index in [2.05, 4.69) is 13.2 Å². The fourth-order valence-electron chi connectivity index (χ4n) is 8.80. The van der Waals surface area contributed by atoms with E-state index in [0.717, 1.165) is 22.3 Å². The lowest BCUT2D eigenvalue weighted by Gasteiger charge is -2.36. The minimum atomic E-state index is -1.23. The van der Waals surface area contributed by atoms with Gasteiger partial charge in [-0.3, -0.25) is 24.1 Å². The number of nitrogens with zero attached hydrogens (tertiary/aromatic N) is 4. The van der Waals surface area contributed by atoms with Crippen LogP contribution in [0, 0.1) is 43.4 Å². The van der Waals surface area contributed by atoms with Gasteiger partial charge in [-0.1, -0.05) is 114 Å². The van der Waals surface area contributed by atoms with E-state index in [1.165, 1.54) is 23.8 Å². The molecule has 0 spiro atoms. The van der Waals surface area contributed by atoms with Gasteiger partial charge in [0.05, 0.1) is 18.5 Å². The smallest absolute Gasteiger partial charge is 0.329 e. The maximum absolute atomic E-state index is 14.9. The molecule has 0 aliphatic carbocycles. The molecule has 9 atom stereocenters. The topological polar surface area (TPSA) is 134 Å². The fourth-order valence-corrected chi connectivity index (χ4v) is 8.80. The summed E-state index contributed by atoms with van der Waals surface area (Å²) in [5.41, 5.74) is 4.43. The molecule has 0 saturated carbocycles. The van der Waals surface area contributed by atoms with Gasteiger partial charge in [-0.05, 0) is 108 Å². The lowest BCUT2D eigenvalue weighted by atomic mass is 9.82. The standard InChI is InChI=1S/C55H82N4O8/c1-17-42(30-43-22-18-36(6)19-23-43)31-49(60)46-28-38(8)39(9)29-48(58(15)52(62)33-50(61)45(56(12)13)26-34(2)3)55(65)67-51(32-44-24-20-37(7)21-25-44)40(10)57(14)47(27-35(4)5)54(64)66-41(11)53(63)59(46)16/h17-25,34-35,38-39,41-42,45-48,51H,1,10,26-33H2,2-9,11-16H3. The quantitative estimate of drug-likeness (QED) is 0.0869. The molecular weight excluding hydrogens is 845 g/mol. The summed E-state index contributed by atoms with van der Waals surface area (Å²) in [6.07, 6.45) is 1.33. The zero-order valence-corrected chi connectivity index (χ0v) is 43.2. The molecule has 2 aromatic rings. The molecule has 1 aliphatic heterocycles. The summed E-state index contributed by atoms with van der Waals surface area (Å²) in [5, 5.41) is 0. The molecule has 1 fully saturated rings. The Labute approximate surface area is 402 Å². The van der Waals surface area contributed by atoms with E-state index >= 15 is 0 Å². The largest absolute Gasteiger partial charge is 0.454 e. The van der Waals surface area contributed by atoms with Crippen LogP contribution in [0.1, 0.15) is 109 Å². The van der Waals surface area contributed by atoms with Crippen LogP contribution in [-0.4, -0.2) is 127 Å². The summed E-state index contributed by atoms with van der Waals surface area (Å²) in [5.74, 6) is -3.38. The highest BCUT2D eigenvalue weighted by Crippen LogP contribution is 2.30. The Balaban J connectivity index is 2.18. The van der Waals surface area contributed by atoms with Gasteiger partial charge in [0.1, 0.15) is 18.2 Å². The van der Waals surface area contributed by atoms with Crippen molar-refractivity contribution in [2.24, 2.45) is 29.6 Å². The number of cyclic esters (lactones) is 2. The van der Waals surface area contributed by atoms with Crippen LogP contribution in [0.5, 0.6) is 0 Å². The van der Waals surface area contributed by atoms with Gasteiger partial charge in [0.15, 0.2) is 17.7 Å². The Bertz CT molecular complexity index is 2010. The van der Waals surface area contributed by atoms with E-state index in [4.69, 9.17) is 9.47 Å². The molecule has 67 heavy (non-hydrogen) atoms. The third-order valence-corrected chi connectivity index (χ3v) is 13.6. The van der Waals surface area contributed by atoms with Crippen LogP contribution < -0.4 is 0 Å². The first-order valence-corrected chi connectivity index (χ1v) is 24.1. The first kappa shape index (κ1) is 56.2. The van der Waals surface area contributed by atoms with Crippen LogP contribution in [-0.2, 0) is 51.1 Å². The zero-order chi connectivity index (χ0) is 50.4. The van der Waals surface area contributed by atoms with Crippen molar-refractivity contribution >= 4 is 35.3 Å². The van der Waals surface area contributed by atoms with Crippen molar-refractivity contribution in [3.63, 3.8) is 0 Å². The second kappa shape index (κ2) is 25.9. The van der Waals surface area contributed by atoms with Gasteiger partial charge in [0, 0.05) is 39.7 Å². The Kier molecular flexibility index (Phi) is 21.7. The van der Waals surface area contributed by atoms with Crippen LogP contribution >= 0.6 is 0 Å². The first-order chi connectivity index (χ1) is 31.3. The summed E-state index contributed by atoms with van der Waals surface area (Å²) in [6, 6.07) is 12.5. The molecule has 9 unspecified atom stereocenters. The van der Waals surface area contributed by atoms with Gasteiger partial charge in [-0.25, -0.2) is 9.59 Å². The molecular formula is C55H82N4O8. The van der Waals surface area contributed by atoms with Gasteiger partial charge in [0.2, 0.25) is 5.91 Å². The van der Waals surface area contributed by atoms with Crippen molar-refractivity contribution in [2.45, 2.75) is 150 Å². The number of carbonyl (C=O) groups excluding carboxylic acids is 6. The summed E-state index contributed by atoms with van der Waals surface area (Å²) in [4.78, 5) is 92.4. The lowest BCUT2D eigenvalue weighted by Crippen LogP contribution is -2.50. The molecule has 12 nitrogen and oxygen atoms in total. The van der Waals surface area contributed by atoms with Gasteiger partial charge in [-0.2, -0.15) is 0 Å². The van der Waals surface area contributed by atoms with Crippen molar-refractivity contribution in [2.75, 3.05) is 35.2 Å². The highest BCUT2D eigenvalue weighted by Gasteiger charge is 2.40. The number of amides is 2.